The summed E-state index contributed by atoms with van der Waals surface area (Å²) in [6, 6.07) is 4.81. The molecule has 3 N–H and O–H groups in total. The van der Waals surface area contributed by atoms with Gasteiger partial charge in [-0.3, -0.25) is 0 Å². The Balaban J connectivity index is 2.79. The summed E-state index contributed by atoms with van der Waals surface area (Å²) in [6.45, 7) is 1.87. The smallest absolute Gasteiger partial charge is 0.137 e. The van der Waals surface area contributed by atoms with Crippen LogP contribution in [0.3, 0.4) is 0 Å². The maximum atomic E-state index is 13.4. The number of rotatable bonds is 4. The molecule has 0 spiro atoms. The van der Waals surface area contributed by atoms with Crippen LogP contribution < -0.4 is 5.73 Å². The lowest BCUT2D eigenvalue weighted by atomic mass is 10.1. The molecule has 0 saturated carbocycles. The molecule has 1 atom stereocenters. The van der Waals surface area contributed by atoms with Gasteiger partial charge in [0.15, 0.2) is 0 Å². The van der Waals surface area contributed by atoms with Crippen LogP contribution in [0.5, 0.6) is 0 Å². The van der Waals surface area contributed by atoms with Gasteiger partial charge in [-0.15, -0.1) is 11.8 Å². The number of aliphatic hydroxyl groups excluding tert-OH is 1. The van der Waals surface area contributed by atoms with E-state index in [0.717, 1.165) is 5.56 Å². The van der Waals surface area contributed by atoms with Crippen LogP contribution in [0, 0.1) is 5.82 Å². The van der Waals surface area contributed by atoms with E-state index in [1.165, 1.54) is 17.8 Å². The molecule has 0 aliphatic heterocycles. The molecule has 1 unspecified atom stereocenters. The molecule has 0 amide bonds. The third-order valence-electron chi connectivity index (χ3n) is 1.83. The van der Waals surface area contributed by atoms with Gasteiger partial charge in [-0.05, 0) is 24.6 Å². The summed E-state index contributed by atoms with van der Waals surface area (Å²) < 4.78 is 13.4. The van der Waals surface area contributed by atoms with Crippen molar-refractivity contribution in [2.45, 2.75) is 17.9 Å². The largest absolute Gasteiger partial charge is 0.396 e. The van der Waals surface area contributed by atoms with Crippen molar-refractivity contribution >= 4 is 11.8 Å². The molecule has 78 valence electrons. The first-order valence-corrected chi connectivity index (χ1v) is 5.42. The molecule has 4 heteroatoms. The highest BCUT2D eigenvalue weighted by Gasteiger charge is 2.06. The number of aliphatic hydroxyl groups is 1. The first-order valence-electron chi connectivity index (χ1n) is 4.44. The fourth-order valence-corrected chi connectivity index (χ4v) is 1.75. The van der Waals surface area contributed by atoms with Crippen molar-refractivity contribution in [3.63, 3.8) is 0 Å². The summed E-state index contributed by atoms with van der Waals surface area (Å²) in [5.41, 5.74) is 6.41. The maximum absolute atomic E-state index is 13.4. The number of thioether (sulfide) groups is 1. The van der Waals surface area contributed by atoms with Gasteiger partial charge in [0.05, 0.1) is 6.61 Å². The third kappa shape index (κ3) is 2.97. The van der Waals surface area contributed by atoms with E-state index in [1.807, 2.05) is 13.0 Å². The molecule has 0 aliphatic rings. The van der Waals surface area contributed by atoms with Crippen molar-refractivity contribution in [3.8, 4) is 0 Å². The zero-order chi connectivity index (χ0) is 10.6. The predicted molar refractivity (Wildman–Crippen MR) is 56.8 cm³/mol. The lowest BCUT2D eigenvalue weighted by molar-refractivity contribution is 0.322. The molecular weight excluding hydrogens is 201 g/mol. The van der Waals surface area contributed by atoms with Gasteiger partial charge in [0.25, 0.3) is 0 Å². The maximum Gasteiger partial charge on any atom is 0.137 e. The highest BCUT2D eigenvalue weighted by Crippen LogP contribution is 2.23. The van der Waals surface area contributed by atoms with Gasteiger partial charge >= 0.3 is 0 Å². The Bertz CT molecular complexity index is 304. The Labute approximate surface area is 87.3 Å². The average molecular weight is 215 g/mol. The molecule has 0 fully saturated rings. The third-order valence-corrected chi connectivity index (χ3v) is 2.86. The van der Waals surface area contributed by atoms with E-state index in [0.29, 0.717) is 10.6 Å². The second-order valence-electron chi connectivity index (χ2n) is 3.05. The van der Waals surface area contributed by atoms with Crippen molar-refractivity contribution in [1.29, 1.82) is 0 Å². The second kappa shape index (κ2) is 5.34. The molecule has 0 aromatic heterocycles. The van der Waals surface area contributed by atoms with Gasteiger partial charge in [0.1, 0.15) is 5.82 Å². The molecule has 14 heavy (non-hydrogen) atoms. The van der Waals surface area contributed by atoms with E-state index in [-0.39, 0.29) is 18.5 Å². The molecular formula is C10H14FNOS. The zero-order valence-electron chi connectivity index (χ0n) is 8.03. The number of hydrogen-bond acceptors (Lipinski definition) is 3. The van der Waals surface area contributed by atoms with Crippen LogP contribution in [-0.2, 0) is 0 Å². The topological polar surface area (TPSA) is 46.2 Å². The number of benzene rings is 1. The van der Waals surface area contributed by atoms with Crippen LogP contribution in [0.2, 0.25) is 0 Å². The zero-order valence-corrected chi connectivity index (χ0v) is 8.85. The standard InChI is InChI=1S/C10H14FNOS/c1-7(12)8-2-3-10(9(11)6-8)14-5-4-13/h2-3,6-7,13H,4-5,12H2,1H3. The SMILES string of the molecule is CC(N)c1ccc(SCCO)c(F)c1. The number of halogens is 1. The fourth-order valence-electron chi connectivity index (χ4n) is 1.07. The summed E-state index contributed by atoms with van der Waals surface area (Å²) in [5.74, 6) is 0.243. The van der Waals surface area contributed by atoms with Gasteiger partial charge < -0.3 is 10.8 Å². The van der Waals surface area contributed by atoms with Crippen LogP contribution in [0.25, 0.3) is 0 Å². The van der Waals surface area contributed by atoms with E-state index in [4.69, 9.17) is 10.8 Å². The Kier molecular flexibility index (Phi) is 4.38. The highest BCUT2D eigenvalue weighted by molar-refractivity contribution is 7.99. The lowest BCUT2D eigenvalue weighted by Gasteiger charge is -2.07. The van der Waals surface area contributed by atoms with E-state index < -0.39 is 0 Å². The van der Waals surface area contributed by atoms with Crippen LogP contribution in [0.1, 0.15) is 18.5 Å². The van der Waals surface area contributed by atoms with Crippen LogP contribution in [-0.4, -0.2) is 17.5 Å². The molecule has 0 saturated heterocycles. The summed E-state index contributed by atoms with van der Waals surface area (Å²) in [5, 5.41) is 8.60. The molecule has 1 rings (SSSR count). The van der Waals surface area contributed by atoms with E-state index in [9.17, 15) is 4.39 Å². The molecule has 1 aromatic carbocycles. The Morgan fingerprint density at radius 2 is 2.29 bits per heavy atom. The quantitative estimate of drug-likeness (QED) is 0.754. The minimum absolute atomic E-state index is 0.0547. The number of nitrogens with two attached hydrogens (primary N) is 1. The van der Waals surface area contributed by atoms with Gasteiger partial charge in [-0.1, -0.05) is 6.07 Å². The summed E-state index contributed by atoms with van der Waals surface area (Å²) in [4.78, 5) is 0.559. The molecule has 0 bridgehead atoms. The van der Waals surface area contributed by atoms with Crippen molar-refractivity contribution < 1.29 is 9.50 Å². The molecule has 1 aromatic rings. The van der Waals surface area contributed by atoms with Crippen molar-refractivity contribution in [3.05, 3.63) is 29.6 Å². The fraction of sp³-hybridized carbons (Fsp3) is 0.400. The predicted octanol–water partition coefficient (Wildman–Crippen LogP) is 1.93. The molecule has 0 heterocycles. The number of hydrogen-bond donors (Lipinski definition) is 2. The Morgan fingerprint density at radius 1 is 1.57 bits per heavy atom. The summed E-state index contributed by atoms with van der Waals surface area (Å²) in [7, 11) is 0. The van der Waals surface area contributed by atoms with Gasteiger partial charge in [0.2, 0.25) is 0 Å². The molecule has 2 nitrogen and oxygen atoms in total. The van der Waals surface area contributed by atoms with Crippen LogP contribution >= 0.6 is 11.8 Å². The highest BCUT2D eigenvalue weighted by atomic mass is 32.2. The van der Waals surface area contributed by atoms with Crippen molar-refractivity contribution in [2.24, 2.45) is 5.73 Å². The summed E-state index contributed by atoms with van der Waals surface area (Å²) >= 11 is 1.30. The van der Waals surface area contributed by atoms with Crippen LogP contribution in [0.15, 0.2) is 23.1 Å². The minimum atomic E-state index is -0.266. The van der Waals surface area contributed by atoms with E-state index >= 15 is 0 Å². The van der Waals surface area contributed by atoms with E-state index in [1.54, 1.807) is 6.07 Å². The van der Waals surface area contributed by atoms with Crippen LogP contribution in [0.4, 0.5) is 4.39 Å². The Morgan fingerprint density at radius 3 is 2.79 bits per heavy atom. The monoisotopic (exact) mass is 215 g/mol. The minimum Gasteiger partial charge on any atom is -0.396 e. The van der Waals surface area contributed by atoms with E-state index in [2.05, 4.69) is 0 Å². The molecule has 0 radical (unpaired) electrons. The Hall–Kier alpha value is -0.580. The van der Waals surface area contributed by atoms with Crippen molar-refractivity contribution in [1.82, 2.24) is 0 Å². The summed E-state index contributed by atoms with van der Waals surface area (Å²) in [6.07, 6.45) is 0. The van der Waals surface area contributed by atoms with Gasteiger partial charge in [-0.2, -0.15) is 0 Å². The second-order valence-corrected chi connectivity index (χ2v) is 4.19. The lowest BCUT2D eigenvalue weighted by Crippen LogP contribution is -2.05. The van der Waals surface area contributed by atoms with Crippen molar-refractivity contribution in [2.75, 3.05) is 12.4 Å². The normalized spacial score (nSPS) is 12.9. The van der Waals surface area contributed by atoms with Gasteiger partial charge in [-0.25, -0.2) is 4.39 Å². The first-order chi connectivity index (χ1) is 6.65. The average Bonchev–Trinajstić information content (AvgIpc) is 2.15. The molecule has 0 aliphatic carbocycles. The van der Waals surface area contributed by atoms with Gasteiger partial charge in [0, 0.05) is 16.7 Å². The first kappa shape index (κ1) is 11.5.